The molecule has 1 rings (SSSR count). The average Bonchev–Trinajstić information content (AvgIpc) is 2.58. The highest BCUT2D eigenvalue weighted by Crippen LogP contribution is 2.19. The predicted molar refractivity (Wildman–Crippen MR) is 56.8 cm³/mol. The molecule has 0 radical (unpaired) electrons. The topological polar surface area (TPSA) is 97.7 Å². The summed E-state index contributed by atoms with van der Waals surface area (Å²) in [4.78, 5) is 16.3. The summed E-state index contributed by atoms with van der Waals surface area (Å²) in [6.45, 7) is 3.73. The van der Waals surface area contributed by atoms with Crippen LogP contribution in [-0.2, 0) is 4.79 Å². The molecule has 1 aromatic rings. The molecular weight excluding hydrogens is 213 g/mol. The summed E-state index contributed by atoms with van der Waals surface area (Å²) >= 11 is 0. The minimum atomic E-state index is -0.786. The zero-order valence-electron chi connectivity index (χ0n) is 9.25. The van der Waals surface area contributed by atoms with Gasteiger partial charge in [0.25, 0.3) is 0 Å². The second kappa shape index (κ2) is 4.89. The van der Waals surface area contributed by atoms with Crippen molar-refractivity contribution in [2.75, 3.05) is 0 Å². The Bertz CT molecular complexity index is 355. The van der Waals surface area contributed by atoms with Crippen LogP contribution < -0.4 is 10.6 Å². The highest BCUT2D eigenvalue weighted by atomic mass is 16.7. The molecule has 0 fully saturated rings. The minimum Gasteiger partial charge on any atom is -0.492 e. The van der Waals surface area contributed by atoms with Crippen LogP contribution in [0.2, 0.25) is 0 Å². The molecule has 0 bridgehead atoms. The van der Waals surface area contributed by atoms with Crippen molar-refractivity contribution in [1.82, 2.24) is 4.73 Å². The SMILES string of the molecule is CCC(C)C([15NH2])C(=O)On1c(O)ccc1O. The van der Waals surface area contributed by atoms with Crippen LogP contribution in [0.15, 0.2) is 12.1 Å². The second-order valence-corrected chi connectivity index (χ2v) is 3.67. The molecule has 0 aromatic carbocycles. The zero-order valence-corrected chi connectivity index (χ0v) is 9.25. The molecule has 0 saturated heterocycles. The summed E-state index contributed by atoms with van der Waals surface area (Å²) in [7, 11) is 0. The van der Waals surface area contributed by atoms with Crippen molar-refractivity contribution >= 4 is 5.97 Å². The number of rotatable bonds is 4. The fraction of sp³-hybridized carbons (Fsp3) is 0.500. The van der Waals surface area contributed by atoms with Crippen molar-refractivity contribution < 1.29 is 19.8 Å². The van der Waals surface area contributed by atoms with E-state index in [9.17, 15) is 15.0 Å². The van der Waals surface area contributed by atoms with Gasteiger partial charge in [-0.2, -0.15) is 0 Å². The van der Waals surface area contributed by atoms with Crippen molar-refractivity contribution in [2.24, 2.45) is 11.7 Å². The van der Waals surface area contributed by atoms with E-state index in [1.165, 1.54) is 12.1 Å². The lowest BCUT2D eigenvalue weighted by atomic mass is 10.0. The second-order valence-electron chi connectivity index (χ2n) is 3.67. The Labute approximate surface area is 93.2 Å². The lowest BCUT2D eigenvalue weighted by molar-refractivity contribution is -0.148. The molecule has 6 nitrogen and oxygen atoms in total. The monoisotopic (exact) mass is 229 g/mol. The number of hydrogen-bond donors (Lipinski definition) is 3. The smallest absolute Gasteiger partial charge is 0.350 e. The van der Waals surface area contributed by atoms with Gasteiger partial charge in [-0.05, 0) is 5.92 Å². The molecule has 0 aliphatic carbocycles. The van der Waals surface area contributed by atoms with E-state index in [0.29, 0.717) is 4.73 Å². The van der Waals surface area contributed by atoms with Gasteiger partial charge < -0.3 is 20.8 Å². The van der Waals surface area contributed by atoms with Crippen LogP contribution in [0.4, 0.5) is 0 Å². The Kier molecular flexibility index (Phi) is 3.78. The van der Waals surface area contributed by atoms with E-state index in [2.05, 4.69) is 0 Å². The maximum Gasteiger partial charge on any atom is 0.350 e. The number of hydrogen-bond acceptors (Lipinski definition) is 5. The third kappa shape index (κ3) is 2.46. The zero-order chi connectivity index (χ0) is 12.3. The summed E-state index contributed by atoms with van der Waals surface area (Å²) in [5.74, 6) is -1.45. The first-order valence-electron chi connectivity index (χ1n) is 5.04. The van der Waals surface area contributed by atoms with Gasteiger partial charge in [0.15, 0.2) is 0 Å². The molecule has 0 aliphatic heterocycles. The summed E-state index contributed by atoms with van der Waals surface area (Å²) in [6.07, 6.45) is 0.736. The largest absolute Gasteiger partial charge is 0.492 e. The van der Waals surface area contributed by atoms with E-state index in [1.54, 1.807) is 0 Å². The third-order valence-electron chi connectivity index (χ3n) is 2.51. The fourth-order valence-corrected chi connectivity index (χ4v) is 1.13. The predicted octanol–water partition coefficient (Wildman–Crippen LogP) is 0.228. The van der Waals surface area contributed by atoms with E-state index in [-0.39, 0.29) is 17.7 Å². The number of nitrogens with two attached hydrogens (primary N) is 1. The number of aromatic hydroxyl groups is 2. The molecule has 6 heteroatoms. The van der Waals surface area contributed by atoms with Gasteiger partial charge in [0.1, 0.15) is 6.04 Å². The van der Waals surface area contributed by atoms with Crippen molar-refractivity contribution in [3.63, 3.8) is 0 Å². The van der Waals surface area contributed by atoms with Crippen LogP contribution in [0.3, 0.4) is 0 Å². The van der Waals surface area contributed by atoms with Crippen molar-refractivity contribution in [3.05, 3.63) is 12.1 Å². The maximum atomic E-state index is 11.5. The van der Waals surface area contributed by atoms with E-state index >= 15 is 0 Å². The molecule has 90 valence electrons. The molecular formula is C10H16N2O4. The van der Waals surface area contributed by atoms with E-state index in [1.807, 2.05) is 13.8 Å². The highest BCUT2D eigenvalue weighted by Gasteiger charge is 2.23. The van der Waals surface area contributed by atoms with Gasteiger partial charge in [-0.25, -0.2) is 4.79 Å². The van der Waals surface area contributed by atoms with Crippen LogP contribution in [0, 0.1) is 5.92 Å². The first-order valence-corrected chi connectivity index (χ1v) is 5.04. The van der Waals surface area contributed by atoms with E-state index in [0.717, 1.165) is 6.42 Å². The molecule has 16 heavy (non-hydrogen) atoms. The summed E-state index contributed by atoms with van der Waals surface area (Å²) in [5, 5.41) is 18.5. The van der Waals surface area contributed by atoms with Gasteiger partial charge in [-0.15, -0.1) is 4.73 Å². The molecule has 0 saturated carbocycles. The first kappa shape index (κ1) is 12.4. The lowest BCUT2D eigenvalue weighted by Crippen LogP contribution is -2.42. The molecule has 1 heterocycles. The van der Waals surface area contributed by atoms with Crippen molar-refractivity contribution in [2.45, 2.75) is 26.3 Å². The summed E-state index contributed by atoms with van der Waals surface area (Å²) in [6, 6.07) is 1.63. The van der Waals surface area contributed by atoms with E-state index < -0.39 is 12.0 Å². The van der Waals surface area contributed by atoms with Gasteiger partial charge in [-0.1, -0.05) is 20.3 Å². The van der Waals surface area contributed by atoms with Crippen LogP contribution in [0.25, 0.3) is 0 Å². The van der Waals surface area contributed by atoms with Crippen LogP contribution in [0.1, 0.15) is 20.3 Å². The summed E-state index contributed by atoms with van der Waals surface area (Å²) in [5.41, 5.74) is 5.64. The van der Waals surface area contributed by atoms with Crippen LogP contribution in [0.5, 0.6) is 11.8 Å². The quantitative estimate of drug-likeness (QED) is 0.642. The number of aromatic nitrogens is 1. The maximum absolute atomic E-state index is 11.5. The van der Waals surface area contributed by atoms with Gasteiger partial charge in [0, 0.05) is 12.1 Å². The van der Waals surface area contributed by atoms with Gasteiger partial charge in [-0.3, -0.25) is 0 Å². The minimum absolute atomic E-state index is 0.0349. The number of nitrogens with zero attached hydrogens (tertiary/aromatic N) is 1. The highest BCUT2D eigenvalue weighted by molar-refractivity contribution is 5.76. The Hall–Kier alpha value is -1.69. The Morgan fingerprint density at radius 3 is 2.44 bits per heavy atom. The molecule has 0 spiro atoms. The normalized spacial score (nSPS) is 14.4. The van der Waals surface area contributed by atoms with Crippen molar-refractivity contribution in [1.29, 1.82) is 0 Å². The van der Waals surface area contributed by atoms with Gasteiger partial charge in [0.2, 0.25) is 11.8 Å². The van der Waals surface area contributed by atoms with Gasteiger partial charge in [0.05, 0.1) is 0 Å². The number of carbonyl (C=O) groups excluding carboxylic acids is 1. The Morgan fingerprint density at radius 1 is 1.50 bits per heavy atom. The Morgan fingerprint density at radius 2 is 2.00 bits per heavy atom. The fourth-order valence-electron chi connectivity index (χ4n) is 1.13. The lowest BCUT2D eigenvalue weighted by Gasteiger charge is -2.16. The third-order valence-corrected chi connectivity index (χ3v) is 2.51. The number of carbonyl (C=O) groups is 1. The first-order chi connectivity index (χ1) is 7.47. The Balaban J connectivity index is 2.71. The molecule has 0 aliphatic rings. The van der Waals surface area contributed by atoms with Crippen LogP contribution in [-0.4, -0.2) is 27.0 Å². The van der Waals surface area contributed by atoms with E-state index in [4.69, 9.17) is 10.6 Å². The average molecular weight is 229 g/mol. The van der Waals surface area contributed by atoms with Crippen LogP contribution >= 0.6 is 0 Å². The summed E-state index contributed by atoms with van der Waals surface area (Å²) < 4.78 is 0.630. The molecule has 4 N–H and O–H groups in total. The standard InChI is InChI=1S/C10H16N2O4/c1-3-6(2)9(11)10(15)16-12-7(13)4-5-8(12)14/h4-6,9,13-14H,3,11H2,1-2H3/i11+1. The van der Waals surface area contributed by atoms with Crippen molar-refractivity contribution in [3.8, 4) is 11.8 Å². The van der Waals surface area contributed by atoms with Gasteiger partial charge >= 0.3 is 5.97 Å². The molecule has 2 unspecified atom stereocenters. The molecule has 2 atom stereocenters. The molecule has 1 aromatic heterocycles. The molecule has 0 amide bonds.